The van der Waals surface area contributed by atoms with Crippen LogP contribution in [0.15, 0.2) is 54.6 Å². The number of rotatable bonds is 7. The molecule has 2 fully saturated rings. The van der Waals surface area contributed by atoms with Gasteiger partial charge in [0.2, 0.25) is 5.78 Å². The van der Waals surface area contributed by atoms with E-state index in [1.807, 2.05) is 0 Å². The second-order valence-electron chi connectivity index (χ2n) is 10.3. The number of benzene rings is 3. The van der Waals surface area contributed by atoms with Gasteiger partial charge in [0, 0.05) is 5.56 Å². The summed E-state index contributed by atoms with van der Waals surface area (Å²) < 4.78 is 10.1. The molecule has 11 nitrogen and oxygen atoms in total. The lowest BCUT2D eigenvalue weighted by Gasteiger charge is -2.35. The molecule has 0 saturated heterocycles. The minimum absolute atomic E-state index is 0.0215. The third-order valence-corrected chi connectivity index (χ3v) is 9.37. The monoisotopic (exact) mass is 687 g/mol. The van der Waals surface area contributed by atoms with E-state index in [0.717, 1.165) is 38.2 Å². The Labute approximate surface area is 253 Å². The highest BCUT2D eigenvalue weighted by molar-refractivity contribution is 14.1. The van der Waals surface area contributed by atoms with E-state index >= 15 is 0 Å². The van der Waals surface area contributed by atoms with Crippen LogP contribution in [0.2, 0.25) is 0 Å². The normalized spacial score (nSPS) is 22.4. The maximum atomic E-state index is 13.3. The number of amides is 1. The zero-order valence-electron chi connectivity index (χ0n) is 22.2. The number of carbonyl (C=O) groups is 4. The van der Waals surface area contributed by atoms with Crippen molar-refractivity contribution in [2.24, 2.45) is 5.92 Å². The van der Waals surface area contributed by atoms with Crippen molar-refractivity contribution in [3.05, 3.63) is 82.4 Å². The summed E-state index contributed by atoms with van der Waals surface area (Å²) in [5.41, 5.74) is -1.33. The molecule has 0 aromatic heterocycles. The first-order chi connectivity index (χ1) is 19.9. The number of hydrogen-bond acceptors (Lipinski definition) is 10. The van der Waals surface area contributed by atoms with E-state index in [2.05, 4.69) is 32.6 Å². The predicted octanol–water partition coefficient (Wildman–Crippen LogP) is 3.84. The number of halogens is 1. The van der Waals surface area contributed by atoms with Crippen LogP contribution in [-0.2, 0) is 9.47 Å². The number of ether oxygens (including phenoxy) is 2. The maximum absolute atomic E-state index is 13.3. The van der Waals surface area contributed by atoms with Crippen LogP contribution in [0.4, 0.5) is 0 Å². The van der Waals surface area contributed by atoms with Gasteiger partial charge in [0.05, 0.1) is 33.3 Å². The second kappa shape index (κ2) is 11.2. The number of hydrogen-bond donors (Lipinski definition) is 5. The van der Waals surface area contributed by atoms with Gasteiger partial charge in [0.25, 0.3) is 5.91 Å². The first-order valence-electron chi connectivity index (χ1n) is 12.9. The summed E-state index contributed by atoms with van der Waals surface area (Å²) in [6.07, 6.45) is 1.57. The molecule has 3 aromatic rings. The number of methoxy groups -OCH3 is 1. The Morgan fingerprint density at radius 1 is 0.881 bits per heavy atom. The van der Waals surface area contributed by atoms with Gasteiger partial charge in [0.1, 0.15) is 34.7 Å². The van der Waals surface area contributed by atoms with Crippen molar-refractivity contribution in [2.45, 2.75) is 34.8 Å². The molecule has 2 aliphatic carbocycles. The minimum atomic E-state index is -1.07. The van der Waals surface area contributed by atoms with Crippen LogP contribution >= 0.6 is 22.6 Å². The number of fused-ring (bicyclic) bond motifs is 2. The zero-order valence-corrected chi connectivity index (χ0v) is 24.3. The van der Waals surface area contributed by atoms with Crippen molar-refractivity contribution in [3.8, 4) is 23.0 Å². The summed E-state index contributed by atoms with van der Waals surface area (Å²) in [5, 5.41) is 44.2. The summed E-state index contributed by atoms with van der Waals surface area (Å²) >= 11 is 2.25. The van der Waals surface area contributed by atoms with E-state index in [1.54, 1.807) is 0 Å². The molecule has 0 spiro atoms. The summed E-state index contributed by atoms with van der Waals surface area (Å²) in [4.78, 5) is 51.6. The predicted molar refractivity (Wildman–Crippen MR) is 155 cm³/mol. The largest absolute Gasteiger partial charge is 0.508 e. The number of nitrogens with one attached hydrogen (secondary N) is 1. The van der Waals surface area contributed by atoms with E-state index in [0.29, 0.717) is 12.0 Å². The Bertz CT molecular complexity index is 1580. The number of phenolic OH excluding ortho intramolecular Hbond substituents is 4. The number of carbonyl (C=O) groups excluding carboxylic acids is 4. The van der Waals surface area contributed by atoms with Crippen molar-refractivity contribution >= 4 is 46.2 Å². The van der Waals surface area contributed by atoms with Crippen LogP contribution < -0.4 is 5.32 Å². The summed E-state index contributed by atoms with van der Waals surface area (Å²) in [6.45, 7) is 0. The van der Waals surface area contributed by atoms with Gasteiger partial charge in [-0.25, -0.2) is 9.59 Å². The fourth-order valence-electron chi connectivity index (χ4n) is 5.75. The lowest BCUT2D eigenvalue weighted by molar-refractivity contribution is 0.0120. The Hall–Kier alpha value is -4.33. The lowest BCUT2D eigenvalue weighted by atomic mass is 9.91. The molecule has 218 valence electrons. The summed E-state index contributed by atoms with van der Waals surface area (Å²) in [7, 11) is 1.09. The molecule has 12 heteroatoms. The molecule has 0 radical (unpaired) electrons. The molecule has 2 bridgehead atoms. The molecule has 5 rings (SSSR count). The van der Waals surface area contributed by atoms with Gasteiger partial charge in [0.15, 0.2) is 0 Å². The highest BCUT2D eigenvalue weighted by Crippen LogP contribution is 2.55. The van der Waals surface area contributed by atoms with Crippen molar-refractivity contribution < 1.29 is 49.1 Å². The molecule has 0 heterocycles. The van der Waals surface area contributed by atoms with Crippen LogP contribution in [0.5, 0.6) is 23.0 Å². The smallest absolute Gasteiger partial charge is 0.338 e. The number of phenols is 4. The molecule has 2 saturated carbocycles. The van der Waals surface area contributed by atoms with E-state index in [1.165, 1.54) is 36.4 Å². The highest BCUT2D eigenvalue weighted by atomic mass is 127. The van der Waals surface area contributed by atoms with Gasteiger partial charge < -0.3 is 35.2 Å². The van der Waals surface area contributed by atoms with Crippen molar-refractivity contribution in [3.63, 3.8) is 0 Å². The molecule has 4 atom stereocenters. The molecule has 5 N–H and O–H groups in total. The molecule has 1 amide bonds. The molecular weight excluding hydrogens is 661 g/mol. The van der Waals surface area contributed by atoms with E-state index in [-0.39, 0.29) is 28.7 Å². The molecule has 2 aliphatic rings. The Morgan fingerprint density at radius 3 is 2.19 bits per heavy atom. The summed E-state index contributed by atoms with van der Waals surface area (Å²) in [6, 6.07) is 10.9. The average Bonchev–Trinajstić information content (AvgIpc) is 3.46. The SMILES string of the molecule is COC(=O)c1cccc(O)c1C(=O)c1c(O)cc(C(=O)OC2C(NC(=O)c3ccc(O)cc3)C3CCC2(I)C3)cc1O. The quantitative estimate of drug-likeness (QED) is 0.106. The van der Waals surface area contributed by atoms with Crippen LogP contribution in [0.25, 0.3) is 0 Å². The van der Waals surface area contributed by atoms with E-state index in [4.69, 9.17) is 4.74 Å². The van der Waals surface area contributed by atoms with Gasteiger partial charge in [-0.2, -0.15) is 0 Å². The van der Waals surface area contributed by atoms with Crippen molar-refractivity contribution in [1.29, 1.82) is 0 Å². The van der Waals surface area contributed by atoms with Crippen molar-refractivity contribution in [2.75, 3.05) is 7.11 Å². The molecule has 42 heavy (non-hydrogen) atoms. The zero-order chi connectivity index (χ0) is 30.3. The van der Waals surface area contributed by atoms with E-state index in [9.17, 15) is 39.6 Å². The molecular formula is C30H26INO10. The van der Waals surface area contributed by atoms with Gasteiger partial charge in [-0.1, -0.05) is 28.7 Å². The second-order valence-corrected chi connectivity index (χ2v) is 12.5. The first kappa shape index (κ1) is 29.2. The third kappa shape index (κ3) is 5.22. The number of aromatic hydroxyl groups is 4. The average molecular weight is 687 g/mol. The number of alkyl halides is 1. The number of ketones is 1. The van der Waals surface area contributed by atoms with E-state index < -0.39 is 61.7 Å². The van der Waals surface area contributed by atoms with Crippen LogP contribution in [-0.4, -0.2) is 66.7 Å². The molecule has 0 aliphatic heterocycles. The maximum Gasteiger partial charge on any atom is 0.338 e. The van der Waals surface area contributed by atoms with Gasteiger partial charge in [-0.05, 0) is 73.7 Å². The topological polar surface area (TPSA) is 180 Å². The first-order valence-corrected chi connectivity index (χ1v) is 14.0. The fraction of sp³-hybridized carbons (Fsp3) is 0.267. The highest BCUT2D eigenvalue weighted by Gasteiger charge is 2.59. The Balaban J connectivity index is 1.39. The minimum Gasteiger partial charge on any atom is -0.508 e. The van der Waals surface area contributed by atoms with Gasteiger partial charge in [-0.3, -0.25) is 9.59 Å². The molecule has 4 unspecified atom stereocenters. The lowest BCUT2D eigenvalue weighted by Crippen LogP contribution is -2.52. The van der Waals surface area contributed by atoms with Crippen LogP contribution in [0, 0.1) is 5.92 Å². The number of esters is 2. The van der Waals surface area contributed by atoms with Gasteiger partial charge >= 0.3 is 11.9 Å². The molecule has 3 aromatic carbocycles. The van der Waals surface area contributed by atoms with Crippen LogP contribution in [0.1, 0.15) is 66.3 Å². The van der Waals surface area contributed by atoms with Crippen LogP contribution in [0.3, 0.4) is 0 Å². The third-order valence-electron chi connectivity index (χ3n) is 7.77. The summed E-state index contributed by atoms with van der Waals surface area (Å²) in [5.74, 6) is -5.32. The van der Waals surface area contributed by atoms with Crippen molar-refractivity contribution in [1.82, 2.24) is 5.32 Å². The Kier molecular flexibility index (Phi) is 7.75. The fourth-order valence-corrected chi connectivity index (χ4v) is 7.14. The Morgan fingerprint density at radius 2 is 1.55 bits per heavy atom. The standard InChI is InChI=1S/C30H26INO10/c1-41-29(40)18-3-2-4-19(34)22(18)25(37)23-20(35)11-16(12-21(23)36)28(39)42-26-24(15-9-10-30(26,31)13-15)32-27(38)14-5-7-17(33)8-6-14/h2-8,11-12,15,24,26,33-36H,9-10,13H2,1H3,(H,32,38). The van der Waals surface area contributed by atoms with Gasteiger partial charge in [-0.15, -0.1) is 0 Å².